The number of hydrogen-bond donors (Lipinski definition) is 0. The molecule has 5 nitrogen and oxygen atoms in total. The van der Waals surface area contributed by atoms with E-state index >= 15 is 0 Å². The van der Waals surface area contributed by atoms with E-state index in [1.54, 1.807) is 37.3 Å². The van der Waals surface area contributed by atoms with Crippen molar-refractivity contribution in [1.29, 1.82) is 0 Å². The first kappa shape index (κ1) is 15.2. The summed E-state index contributed by atoms with van der Waals surface area (Å²) in [6, 6.07) is 11.6. The standard InChI is InChI=1S/C15H12BrNO4/c1-10-6-7-11(8-13(10)17(19)20)14(18)9-21-15-5-3-2-4-12(15)16/h2-8H,9H2,1H3. The van der Waals surface area contributed by atoms with Crippen molar-refractivity contribution in [2.45, 2.75) is 6.92 Å². The van der Waals surface area contributed by atoms with E-state index in [0.29, 0.717) is 11.3 Å². The number of halogens is 1. The smallest absolute Gasteiger partial charge is 0.273 e. The molecule has 0 radical (unpaired) electrons. The van der Waals surface area contributed by atoms with Gasteiger partial charge in [-0.2, -0.15) is 0 Å². The summed E-state index contributed by atoms with van der Waals surface area (Å²) in [6.45, 7) is 1.45. The van der Waals surface area contributed by atoms with Gasteiger partial charge in [0.25, 0.3) is 5.69 Å². The second-order valence-corrected chi connectivity index (χ2v) is 5.25. The van der Waals surface area contributed by atoms with Crippen LogP contribution in [-0.4, -0.2) is 17.3 Å². The number of rotatable bonds is 5. The Morgan fingerprint density at radius 1 is 1.29 bits per heavy atom. The van der Waals surface area contributed by atoms with Crippen molar-refractivity contribution in [2.75, 3.05) is 6.61 Å². The fourth-order valence-electron chi connectivity index (χ4n) is 1.77. The first-order valence-corrected chi connectivity index (χ1v) is 6.94. The van der Waals surface area contributed by atoms with Crippen LogP contribution in [0.3, 0.4) is 0 Å². The molecule has 0 heterocycles. The highest BCUT2D eigenvalue weighted by Crippen LogP contribution is 2.24. The number of aryl methyl sites for hydroxylation is 1. The molecule has 0 aromatic heterocycles. The Balaban J connectivity index is 2.12. The van der Waals surface area contributed by atoms with Gasteiger partial charge in [0, 0.05) is 17.2 Å². The number of nitro benzene ring substituents is 1. The molecule has 0 atom stereocenters. The summed E-state index contributed by atoms with van der Waals surface area (Å²) >= 11 is 3.32. The van der Waals surface area contributed by atoms with Gasteiger partial charge in [-0.15, -0.1) is 0 Å². The number of Topliss-reactive ketones (excluding diaryl/α,β-unsaturated/α-hetero) is 1. The third kappa shape index (κ3) is 3.66. The molecule has 0 amide bonds. The zero-order valence-corrected chi connectivity index (χ0v) is 12.8. The maximum Gasteiger partial charge on any atom is 0.273 e. The molecular formula is C15H12BrNO4. The van der Waals surface area contributed by atoms with E-state index in [1.807, 2.05) is 6.07 Å². The highest BCUT2D eigenvalue weighted by atomic mass is 79.9. The van der Waals surface area contributed by atoms with Crippen molar-refractivity contribution >= 4 is 27.4 Å². The minimum atomic E-state index is -0.499. The number of ketones is 1. The number of nitro groups is 1. The second-order valence-electron chi connectivity index (χ2n) is 4.40. The van der Waals surface area contributed by atoms with Gasteiger partial charge in [0.05, 0.1) is 9.40 Å². The lowest BCUT2D eigenvalue weighted by molar-refractivity contribution is -0.385. The van der Waals surface area contributed by atoms with E-state index < -0.39 is 4.92 Å². The van der Waals surface area contributed by atoms with Crippen LogP contribution in [-0.2, 0) is 0 Å². The Kier molecular flexibility index (Phi) is 4.70. The number of hydrogen-bond acceptors (Lipinski definition) is 4. The van der Waals surface area contributed by atoms with Gasteiger partial charge in [-0.1, -0.05) is 24.3 Å². The number of ether oxygens (including phenoxy) is 1. The molecule has 0 saturated heterocycles. The lowest BCUT2D eigenvalue weighted by atomic mass is 10.1. The minimum Gasteiger partial charge on any atom is -0.484 e. The molecule has 0 N–H and O–H groups in total. The van der Waals surface area contributed by atoms with Crippen molar-refractivity contribution in [3.63, 3.8) is 0 Å². The molecule has 0 bridgehead atoms. The average molecular weight is 350 g/mol. The van der Waals surface area contributed by atoms with Crippen LogP contribution in [0.5, 0.6) is 5.75 Å². The molecule has 0 aliphatic carbocycles. The summed E-state index contributed by atoms with van der Waals surface area (Å²) in [5.41, 5.74) is 0.712. The van der Waals surface area contributed by atoms with Crippen molar-refractivity contribution < 1.29 is 14.5 Å². The number of carbonyl (C=O) groups is 1. The summed E-state index contributed by atoms with van der Waals surface area (Å²) in [5, 5.41) is 10.9. The lowest BCUT2D eigenvalue weighted by Gasteiger charge is -2.07. The molecule has 2 rings (SSSR count). The fourth-order valence-corrected chi connectivity index (χ4v) is 2.17. The van der Waals surface area contributed by atoms with Crippen molar-refractivity contribution in [1.82, 2.24) is 0 Å². The van der Waals surface area contributed by atoms with Crippen LogP contribution < -0.4 is 4.74 Å². The van der Waals surface area contributed by atoms with Gasteiger partial charge in [-0.25, -0.2) is 0 Å². The molecule has 0 fully saturated rings. The summed E-state index contributed by atoms with van der Waals surface area (Å²) in [4.78, 5) is 22.4. The van der Waals surface area contributed by atoms with Crippen LogP contribution >= 0.6 is 15.9 Å². The summed E-state index contributed by atoms with van der Waals surface area (Å²) < 4.78 is 6.16. The van der Waals surface area contributed by atoms with Crippen molar-refractivity contribution in [3.8, 4) is 5.75 Å². The highest BCUT2D eigenvalue weighted by molar-refractivity contribution is 9.10. The summed E-state index contributed by atoms with van der Waals surface area (Å²) in [5.74, 6) is 0.237. The Labute approximate surface area is 129 Å². The molecule has 0 saturated carbocycles. The topological polar surface area (TPSA) is 69.4 Å². The van der Waals surface area contributed by atoms with Gasteiger partial charge >= 0.3 is 0 Å². The zero-order chi connectivity index (χ0) is 15.4. The van der Waals surface area contributed by atoms with Gasteiger partial charge < -0.3 is 4.74 Å². The zero-order valence-electron chi connectivity index (χ0n) is 11.2. The Bertz CT molecular complexity index is 700. The van der Waals surface area contributed by atoms with E-state index in [2.05, 4.69) is 15.9 Å². The molecule has 6 heteroatoms. The maximum absolute atomic E-state index is 12.1. The molecule has 108 valence electrons. The van der Waals surface area contributed by atoms with Crippen LogP contribution in [0.25, 0.3) is 0 Å². The average Bonchev–Trinajstić information content (AvgIpc) is 2.46. The molecule has 2 aromatic carbocycles. The maximum atomic E-state index is 12.1. The minimum absolute atomic E-state index is 0.0678. The van der Waals surface area contributed by atoms with Crippen molar-refractivity contribution in [3.05, 3.63) is 68.2 Å². The van der Waals surface area contributed by atoms with E-state index in [-0.39, 0.29) is 23.6 Å². The van der Waals surface area contributed by atoms with Crippen LogP contribution in [0.2, 0.25) is 0 Å². The van der Waals surface area contributed by atoms with E-state index in [1.165, 1.54) is 6.07 Å². The molecule has 21 heavy (non-hydrogen) atoms. The quantitative estimate of drug-likeness (QED) is 0.465. The predicted octanol–water partition coefficient (Wildman–Crippen LogP) is 3.93. The molecular weight excluding hydrogens is 338 g/mol. The van der Waals surface area contributed by atoms with Crippen LogP contribution in [0, 0.1) is 17.0 Å². The SMILES string of the molecule is Cc1ccc(C(=O)COc2ccccc2Br)cc1[N+](=O)[O-]. The van der Waals surface area contributed by atoms with Crippen LogP contribution in [0.1, 0.15) is 15.9 Å². The normalized spacial score (nSPS) is 10.2. The monoisotopic (exact) mass is 349 g/mol. The predicted molar refractivity (Wildman–Crippen MR) is 81.8 cm³/mol. The number of benzene rings is 2. The van der Waals surface area contributed by atoms with Gasteiger partial charge in [-0.05, 0) is 35.0 Å². The Morgan fingerprint density at radius 2 is 2.00 bits per heavy atom. The fraction of sp³-hybridized carbons (Fsp3) is 0.133. The Hall–Kier alpha value is -2.21. The van der Waals surface area contributed by atoms with Gasteiger partial charge in [-0.3, -0.25) is 14.9 Å². The molecule has 0 spiro atoms. The summed E-state index contributed by atoms with van der Waals surface area (Å²) in [7, 11) is 0. The molecule has 0 aliphatic rings. The number of nitrogens with zero attached hydrogens (tertiary/aromatic N) is 1. The van der Waals surface area contributed by atoms with E-state index in [9.17, 15) is 14.9 Å². The van der Waals surface area contributed by atoms with Crippen LogP contribution in [0.15, 0.2) is 46.9 Å². The number of carbonyl (C=O) groups excluding carboxylic acids is 1. The lowest BCUT2D eigenvalue weighted by Crippen LogP contribution is -2.12. The largest absolute Gasteiger partial charge is 0.484 e. The van der Waals surface area contributed by atoms with Gasteiger partial charge in [0.2, 0.25) is 0 Å². The van der Waals surface area contributed by atoms with Crippen LogP contribution in [0.4, 0.5) is 5.69 Å². The third-order valence-corrected chi connectivity index (χ3v) is 3.58. The molecule has 0 aliphatic heterocycles. The van der Waals surface area contributed by atoms with Gasteiger partial charge in [0.1, 0.15) is 5.75 Å². The number of para-hydroxylation sites is 1. The Morgan fingerprint density at radius 3 is 2.67 bits per heavy atom. The van der Waals surface area contributed by atoms with E-state index in [4.69, 9.17) is 4.74 Å². The first-order valence-electron chi connectivity index (χ1n) is 6.14. The first-order chi connectivity index (χ1) is 9.99. The highest BCUT2D eigenvalue weighted by Gasteiger charge is 2.15. The van der Waals surface area contributed by atoms with E-state index in [0.717, 1.165) is 4.47 Å². The van der Waals surface area contributed by atoms with Gasteiger partial charge in [0.15, 0.2) is 12.4 Å². The molecule has 2 aromatic rings. The molecule has 0 unspecified atom stereocenters. The second kappa shape index (κ2) is 6.49. The van der Waals surface area contributed by atoms with Crippen molar-refractivity contribution in [2.24, 2.45) is 0 Å². The summed E-state index contributed by atoms with van der Waals surface area (Å²) in [6.07, 6.45) is 0. The third-order valence-electron chi connectivity index (χ3n) is 2.92.